The van der Waals surface area contributed by atoms with Gasteiger partial charge in [0.1, 0.15) is 0 Å². The fourth-order valence-electron chi connectivity index (χ4n) is 1.68. The number of aliphatic hydroxyl groups excluding tert-OH is 2. The van der Waals surface area contributed by atoms with Crippen molar-refractivity contribution < 1.29 is 10.2 Å². The SMILES string of the molecule is CC(C)c1ccccc1.CC(C)c1ccccc1.CCCO.CCO. The van der Waals surface area contributed by atoms with E-state index in [0.29, 0.717) is 18.4 Å². The largest absolute Gasteiger partial charge is 0.397 e. The number of hydrogen-bond acceptors (Lipinski definition) is 2. The first-order valence-corrected chi connectivity index (χ1v) is 9.25. The minimum Gasteiger partial charge on any atom is -0.397 e. The Kier molecular flexibility index (Phi) is 19.1. The highest BCUT2D eigenvalue weighted by atomic mass is 16.3. The summed E-state index contributed by atoms with van der Waals surface area (Å²) < 4.78 is 0. The second kappa shape index (κ2) is 18.7. The van der Waals surface area contributed by atoms with Crippen molar-refractivity contribution >= 4 is 0 Å². The number of benzene rings is 2. The van der Waals surface area contributed by atoms with Gasteiger partial charge in [0.05, 0.1) is 0 Å². The molecule has 0 radical (unpaired) electrons. The lowest BCUT2D eigenvalue weighted by Crippen LogP contribution is -1.83. The predicted molar refractivity (Wildman–Crippen MR) is 111 cm³/mol. The fourth-order valence-corrected chi connectivity index (χ4v) is 1.68. The Hall–Kier alpha value is -1.64. The van der Waals surface area contributed by atoms with E-state index in [9.17, 15) is 0 Å². The van der Waals surface area contributed by atoms with E-state index in [2.05, 4.69) is 76.2 Å². The summed E-state index contributed by atoms with van der Waals surface area (Å²) in [5, 5.41) is 15.4. The van der Waals surface area contributed by atoms with Crippen LogP contribution in [0.3, 0.4) is 0 Å². The summed E-state index contributed by atoms with van der Waals surface area (Å²) in [6.07, 6.45) is 0.875. The van der Waals surface area contributed by atoms with Gasteiger partial charge in [0.15, 0.2) is 0 Å². The van der Waals surface area contributed by atoms with E-state index in [1.165, 1.54) is 11.1 Å². The van der Waals surface area contributed by atoms with E-state index in [-0.39, 0.29) is 6.61 Å². The zero-order chi connectivity index (χ0) is 19.5. The van der Waals surface area contributed by atoms with Gasteiger partial charge in [-0.15, -0.1) is 0 Å². The molecule has 2 N–H and O–H groups in total. The maximum absolute atomic E-state index is 7.88. The van der Waals surface area contributed by atoms with Crippen LogP contribution in [-0.4, -0.2) is 23.4 Å². The summed E-state index contributed by atoms with van der Waals surface area (Å²) in [4.78, 5) is 0. The van der Waals surface area contributed by atoms with Crippen molar-refractivity contribution in [1.82, 2.24) is 0 Å². The van der Waals surface area contributed by atoms with Gasteiger partial charge in [-0.05, 0) is 36.3 Å². The lowest BCUT2D eigenvalue weighted by Gasteiger charge is -2.01. The van der Waals surface area contributed by atoms with Gasteiger partial charge in [0.25, 0.3) is 0 Å². The van der Waals surface area contributed by atoms with E-state index in [1.54, 1.807) is 6.92 Å². The molecule has 0 atom stereocenters. The molecule has 2 nitrogen and oxygen atoms in total. The Morgan fingerprint density at radius 2 is 0.880 bits per heavy atom. The second-order valence-electron chi connectivity index (χ2n) is 6.17. The van der Waals surface area contributed by atoms with Crippen LogP contribution in [0, 0.1) is 0 Å². The lowest BCUT2D eigenvalue weighted by atomic mass is 10.0. The highest BCUT2D eigenvalue weighted by molar-refractivity contribution is 5.18. The van der Waals surface area contributed by atoms with E-state index < -0.39 is 0 Å². The van der Waals surface area contributed by atoms with E-state index >= 15 is 0 Å². The molecule has 2 heteroatoms. The topological polar surface area (TPSA) is 40.5 Å². The van der Waals surface area contributed by atoms with E-state index in [0.717, 1.165) is 6.42 Å². The zero-order valence-corrected chi connectivity index (χ0v) is 16.9. The number of hydrogen-bond donors (Lipinski definition) is 2. The molecule has 2 aromatic rings. The minimum absolute atomic E-state index is 0.250. The first-order chi connectivity index (χ1) is 11.9. The highest BCUT2D eigenvalue weighted by Crippen LogP contribution is 2.12. The van der Waals surface area contributed by atoms with E-state index in [1.807, 2.05) is 19.1 Å². The third-order valence-corrected chi connectivity index (χ3v) is 3.16. The maximum atomic E-state index is 7.88. The van der Waals surface area contributed by atoms with Gasteiger partial charge in [-0.2, -0.15) is 0 Å². The summed E-state index contributed by atoms with van der Waals surface area (Å²) in [6.45, 7) is 13.0. The van der Waals surface area contributed by atoms with Crippen LogP contribution in [0.4, 0.5) is 0 Å². The summed E-state index contributed by atoms with van der Waals surface area (Å²) in [7, 11) is 0. The lowest BCUT2D eigenvalue weighted by molar-refractivity contribution is 0.295. The molecular weight excluding hydrogens is 308 g/mol. The molecule has 0 amide bonds. The summed E-state index contributed by atoms with van der Waals surface area (Å²) >= 11 is 0. The summed E-state index contributed by atoms with van der Waals surface area (Å²) in [5.74, 6) is 1.32. The van der Waals surface area contributed by atoms with Crippen molar-refractivity contribution in [2.75, 3.05) is 13.2 Å². The summed E-state index contributed by atoms with van der Waals surface area (Å²) in [6, 6.07) is 21.0. The molecule has 0 aromatic heterocycles. The van der Waals surface area contributed by atoms with Crippen LogP contribution in [-0.2, 0) is 0 Å². The molecule has 0 fully saturated rings. The zero-order valence-electron chi connectivity index (χ0n) is 16.9. The monoisotopic (exact) mass is 346 g/mol. The third kappa shape index (κ3) is 17.0. The van der Waals surface area contributed by atoms with Gasteiger partial charge >= 0.3 is 0 Å². The van der Waals surface area contributed by atoms with Gasteiger partial charge in [-0.25, -0.2) is 0 Å². The third-order valence-electron chi connectivity index (χ3n) is 3.16. The quantitative estimate of drug-likeness (QED) is 0.714. The molecule has 0 heterocycles. The standard InChI is InChI=1S/2C9H12.C3H8O.C2H6O/c2*1-8(2)9-6-4-3-5-7-9;1-2-3-4;1-2-3/h2*3-8H,1-2H3;4H,2-3H2,1H3;3H,2H2,1H3. The molecule has 25 heavy (non-hydrogen) atoms. The van der Waals surface area contributed by atoms with Crippen molar-refractivity contribution in [2.24, 2.45) is 0 Å². The van der Waals surface area contributed by atoms with Gasteiger partial charge < -0.3 is 10.2 Å². The predicted octanol–water partition coefficient (Wildman–Crippen LogP) is 6.01. The summed E-state index contributed by atoms with van der Waals surface area (Å²) in [5.41, 5.74) is 2.83. The van der Waals surface area contributed by atoms with Crippen LogP contribution >= 0.6 is 0 Å². The molecule has 2 aromatic carbocycles. The Morgan fingerprint density at radius 3 is 1.00 bits per heavy atom. The average molecular weight is 347 g/mol. The first-order valence-electron chi connectivity index (χ1n) is 9.25. The normalized spacial score (nSPS) is 9.20. The van der Waals surface area contributed by atoms with Crippen molar-refractivity contribution in [3.8, 4) is 0 Å². The molecule has 0 bridgehead atoms. The van der Waals surface area contributed by atoms with Gasteiger partial charge in [-0.1, -0.05) is 95.3 Å². The van der Waals surface area contributed by atoms with Crippen LogP contribution in [0.1, 0.15) is 70.9 Å². The smallest absolute Gasteiger partial charge is 0.0428 e. The molecule has 0 spiro atoms. The van der Waals surface area contributed by atoms with Gasteiger partial charge in [-0.3, -0.25) is 0 Å². The average Bonchev–Trinajstić information content (AvgIpc) is 2.64. The molecule has 0 aliphatic carbocycles. The highest BCUT2D eigenvalue weighted by Gasteiger charge is 1.94. The first kappa shape index (κ1) is 25.6. The van der Waals surface area contributed by atoms with Crippen LogP contribution in [0.2, 0.25) is 0 Å². The Balaban J connectivity index is 0. The molecule has 0 aliphatic heterocycles. The molecule has 0 saturated carbocycles. The van der Waals surface area contributed by atoms with Crippen molar-refractivity contribution in [3.63, 3.8) is 0 Å². The van der Waals surface area contributed by atoms with Crippen LogP contribution in [0.5, 0.6) is 0 Å². The van der Waals surface area contributed by atoms with Gasteiger partial charge in [0, 0.05) is 13.2 Å². The van der Waals surface area contributed by atoms with Crippen molar-refractivity contribution in [2.45, 2.75) is 59.8 Å². The molecule has 0 saturated heterocycles. The molecule has 0 unspecified atom stereocenters. The number of aliphatic hydroxyl groups is 2. The Labute approximate surface area is 155 Å². The molecule has 142 valence electrons. The van der Waals surface area contributed by atoms with Crippen LogP contribution in [0.15, 0.2) is 60.7 Å². The minimum atomic E-state index is 0.250. The fraction of sp³-hybridized carbons (Fsp3) is 0.478. The van der Waals surface area contributed by atoms with Gasteiger partial charge in [0.2, 0.25) is 0 Å². The van der Waals surface area contributed by atoms with E-state index in [4.69, 9.17) is 10.2 Å². The molecule has 0 aliphatic rings. The molecule has 2 rings (SSSR count). The Bertz CT molecular complexity index is 418. The van der Waals surface area contributed by atoms with Crippen molar-refractivity contribution in [3.05, 3.63) is 71.8 Å². The van der Waals surface area contributed by atoms with Crippen LogP contribution in [0.25, 0.3) is 0 Å². The maximum Gasteiger partial charge on any atom is 0.0428 e. The Morgan fingerprint density at radius 1 is 0.640 bits per heavy atom. The number of rotatable bonds is 3. The second-order valence-corrected chi connectivity index (χ2v) is 6.17. The van der Waals surface area contributed by atoms with Crippen molar-refractivity contribution in [1.29, 1.82) is 0 Å². The molecular formula is C23H38O2. The van der Waals surface area contributed by atoms with Crippen LogP contribution < -0.4 is 0 Å².